The van der Waals surface area contributed by atoms with Gasteiger partial charge in [0, 0.05) is 42.9 Å². The van der Waals surface area contributed by atoms with Gasteiger partial charge in [-0.25, -0.2) is 9.78 Å². The second-order valence-electron chi connectivity index (χ2n) is 6.81. The summed E-state index contributed by atoms with van der Waals surface area (Å²) in [7, 11) is 0. The van der Waals surface area contributed by atoms with Crippen LogP contribution in [-0.4, -0.2) is 67.3 Å². The number of amides is 2. The highest BCUT2D eigenvalue weighted by Gasteiger charge is 2.37. The summed E-state index contributed by atoms with van der Waals surface area (Å²) in [4.78, 5) is 56.5. The Morgan fingerprint density at radius 1 is 1.43 bits per heavy atom. The number of H-pyrrole nitrogens is 1. The number of likely N-dealkylation sites (tertiary alicyclic amines) is 1. The van der Waals surface area contributed by atoms with Gasteiger partial charge in [0.1, 0.15) is 12.1 Å². The molecule has 2 rings (SSSR count). The first-order chi connectivity index (χ1) is 13.3. The first-order valence-electron chi connectivity index (χ1n) is 9.30. The van der Waals surface area contributed by atoms with Crippen molar-refractivity contribution >= 4 is 34.7 Å². The largest absolute Gasteiger partial charge is 0.480 e. The second-order valence-corrected chi connectivity index (χ2v) is 7.89. The first kappa shape index (κ1) is 21.9. The summed E-state index contributed by atoms with van der Waals surface area (Å²) < 4.78 is 0. The van der Waals surface area contributed by atoms with E-state index in [1.54, 1.807) is 13.8 Å². The summed E-state index contributed by atoms with van der Waals surface area (Å²) in [6, 6.07) is -1.80. The van der Waals surface area contributed by atoms with Gasteiger partial charge in [-0.1, -0.05) is 25.6 Å². The van der Waals surface area contributed by atoms with E-state index in [1.165, 1.54) is 17.4 Å². The molecule has 10 heteroatoms. The standard InChI is InChI=1S/C18H26N4O5S/c1-3-15(23)28-9-11(2)17(25)22-6-4-5-14(22)16(24)21-13(18(26)27)7-12-8-19-10-20-12/h8,10-11,13-14H,3-7,9H2,1-2H3,(H,19,20)(H,21,24)(H,26,27)/t11?,13-,14-/m0/s1. The number of rotatable bonds is 9. The summed E-state index contributed by atoms with van der Waals surface area (Å²) in [6.45, 7) is 3.96. The minimum atomic E-state index is -1.15. The lowest BCUT2D eigenvalue weighted by Gasteiger charge is -2.27. The molecule has 1 unspecified atom stereocenters. The van der Waals surface area contributed by atoms with Crippen molar-refractivity contribution in [3.8, 4) is 0 Å². The number of hydrogen-bond donors (Lipinski definition) is 3. The number of nitrogens with one attached hydrogen (secondary N) is 2. The van der Waals surface area contributed by atoms with Gasteiger partial charge < -0.3 is 20.3 Å². The van der Waals surface area contributed by atoms with Gasteiger partial charge in [-0.05, 0) is 12.8 Å². The summed E-state index contributed by atoms with van der Waals surface area (Å²) in [5.74, 6) is -1.83. The molecule has 2 heterocycles. The number of nitrogens with zero attached hydrogens (tertiary/aromatic N) is 2. The molecule has 1 aliphatic rings. The Labute approximate surface area is 167 Å². The monoisotopic (exact) mass is 410 g/mol. The van der Waals surface area contributed by atoms with Gasteiger partial charge in [0.2, 0.25) is 11.8 Å². The van der Waals surface area contributed by atoms with E-state index >= 15 is 0 Å². The summed E-state index contributed by atoms with van der Waals surface area (Å²) in [5, 5.41) is 12.0. The zero-order valence-electron chi connectivity index (χ0n) is 16.0. The minimum absolute atomic E-state index is 0.0264. The van der Waals surface area contributed by atoms with Crippen LogP contribution in [0.2, 0.25) is 0 Å². The molecule has 1 saturated heterocycles. The number of carboxylic acids is 1. The number of aromatic nitrogens is 2. The van der Waals surface area contributed by atoms with E-state index in [0.717, 1.165) is 11.8 Å². The number of thioether (sulfide) groups is 1. The zero-order valence-corrected chi connectivity index (χ0v) is 16.8. The van der Waals surface area contributed by atoms with E-state index < -0.39 is 29.9 Å². The molecule has 0 aromatic carbocycles. The van der Waals surface area contributed by atoms with E-state index in [4.69, 9.17) is 0 Å². The Balaban J connectivity index is 1.97. The van der Waals surface area contributed by atoms with Gasteiger partial charge in [-0.2, -0.15) is 0 Å². The Morgan fingerprint density at radius 2 is 2.18 bits per heavy atom. The maximum absolute atomic E-state index is 12.7. The van der Waals surface area contributed by atoms with Crippen molar-refractivity contribution in [1.82, 2.24) is 20.2 Å². The van der Waals surface area contributed by atoms with E-state index in [0.29, 0.717) is 37.3 Å². The smallest absolute Gasteiger partial charge is 0.326 e. The Kier molecular flexibility index (Phi) is 8.04. The summed E-state index contributed by atoms with van der Waals surface area (Å²) in [5.41, 5.74) is 0.596. The van der Waals surface area contributed by atoms with Crippen molar-refractivity contribution in [3.63, 3.8) is 0 Å². The lowest BCUT2D eigenvalue weighted by Crippen LogP contribution is -2.52. The van der Waals surface area contributed by atoms with Gasteiger partial charge in [-0.3, -0.25) is 14.4 Å². The van der Waals surface area contributed by atoms with Crippen LogP contribution in [0.1, 0.15) is 38.8 Å². The summed E-state index contributed by atoms with van der Waals surface area (Å²) >= 11 is 1.12. The molecule has 0 saturated carbocycles. The van der Waals surface area contributed by atoms with Crippen LogP contribution >= 0.6 is 11.8 Å². The molecule has 154 valence electrons. The highest BCUT2D eigenvalue weighted by Crippen LogP contribution is 2.22. The zero-order chi connectivity index (χ0) is 20.7. The van der Waals surface area contributed by atoms with E-state index in [1.807, 2.05) is 0 Å². The van der Waals surface area contributed by atoms with E-state index in [9.17, 15) is 24.3 Å². The summed E-state index contributed by atoms with van der Waals surface area (Å²) in [6.07, 6.45) is 4.60. The highest BCUT2D eigenvalue weighted by atomic mass is 32.2. The normalized spacial score (nSPS) is 18.5. The molecule has 28 heavy (non-hydrogen) atoms. The molecule has 3 N–H and O–H groups in total. The maximum atomic E-state index is 12.7. The molecule has 1 aromatic rings. The molecular formula is C18H26N4O5S. The van der Waals surface area contributed by atoms with Crippen LogP contribution in [0, 0.1) is 5.92 Å². The van der Waals surface area contributed by atoms with Crippen LogP contribution in [0.15, 0.2) is 12.5 Å². The number of imidazole rings is 1. The highest BCUT2D eigenvalue weighted by molar-refractivity contribution is 8.13. The van der Waals surface area contributed by atoms with Gasteiger partial charge in [0.25, 0.3) is 0 Å². The third kappa shape index (κ3) is 5.82. The predicted octanol–water partition coefficient (Wildman–Crippen LogP) is 0.818. The van der Waals surface area contributed by atoms with E-state index in [2.05, 4.69) is 15.3 Å². The molecule has 2 amide bonds. The van der Waals surface area contributed by atoms with Crippen LogP contribution < -0.4 is 5.32 Å². The number of aromatic amines is 1. The molecule has 1 aliphatic heterocycles. The fraction of sp³-hybridized carbons (Fsp3) is 0.611. The minimum Gasteiger partial charge on any atom is -0.480 e. The maximum Gasteiger partial charge on any atom is 0.326 e. The topological polar surface area (TPSA) is 132 Å². The second kappa shape index (κ2) is 10.3. The van der Waals surface area contributed by atoms with E-state index in [-0.39, 0.29) is 17.4 Å². The Bertz CT molecular complexity index is 709. The molecule has 0 radical (unpaired) electrons. The molecule has 0 spiro atoms. The number of carbonyl (C=O) groups is 4. The number of carboxylic acid groups (broad SMARTS) is 1. The van der Waals surface area contributed by atoms with Gasteiger partial charge in [-0.15, -0.1) is 0 Å². The first-order valence-corrected chi connectivity index (χ1v) is 10.3. The van der Waals surface area contributed by atoms with Crippen molar-refractivity contribution < 1.29 is 24.3 Å². The Morgan fingerprint density at radius 3 is 2.79 bits per heavy atom. The van der Waals surface area contributed by atoms with Gasteiger partial charge in [0.05, 0.1) is 6.33 Å². The van der Waals surface area contributed by atoms with Crippen LogP contribution in [-0.2, 0) is 25.6 Å². The van der Waals surface area contributed by atoms with Crippen molar-refractivity contribution in [2.75, 3.05) is 12.3 Å². The lowest BCUT2D eigenvalue weighted by atomic mass is 10.1. The molecule has 1 aromatic heterocycles. The fourth-order valence-electron chi connectivity index (χ4n) is 3.06. The number of hydrogen-bond acceptors (Lipinski definition) is 6. The van der Waals surface area contributed by atoms with Crippen LogP contribution in [0.3, 0.4) is 0 Å². The SMILES string of the molecule is CCC(=O)SCC(C)C(=O)N1CCC[C@H]1C(=O)N[C@@H](Cc1cnc[nH]1)C(=O)O. The molecule has 0 aliphatic carbocycles. The average Bonchev–Trinajstić information content (AvgIpc) is 3.36. The van der Waals surface area contributed by atoms with Crippen LogP contribution in [0.5, 0.6) is 0 Å². The molecule has 9 nitrogen and oxygen atoms in total. The van der Waals surface area contributed by atoms with Crippen molar-refractivity contribution in [1.29, 1.82) is 0 Å². The lowest BCUT2D eigenvalue weighted by molar-refractivity contribution is -0.144. The Hall–Kier alpha value is -2.36. The van der Waals surface area contributed by atoms with Gasteiger partial charge in [0.15, 0.2) is 5.12 Å². The molecule has 0 bridgehead atoms. The quantitative estimate of drug-likeness (QED) is 0.549. The van der Waals surface area contributed by atoms with Crippen molar-refractivity contribution in [3.05, 3.63) is 18.2 Å². The molecular weight excluding hydrogens is 384 g/mol. The molecule has 1 fully saturated rings. The third-order valence-corrected chi connectivity index (χ3v) is 5.91. The number of aliphatic carboxylic acids is 1. The van der Waals surface area contributed by atoms with Gasteiger partial charge >= 0.3 is 5.97 Å². The third-order valence-electron chi connectivity index (χ3n) is 4.64. The van der Waals surface area contributed by atoms with Crippen LogP contribution in [0.4, 0.5) is 0 Å². The van der Waals surface area contributed by atoms with Crippen molar-refractivity contribution in [2.45, 2.75) is 51.6 Å². The van der Waals surface area contributed by atoms with Crippen molar-refractivity contribution in [2.24, 2.45) is 5.92 Å². The fourth-order valence-corrected chi connectivity index (χ4v) is 3.84. The predicted molar refractivity (Wildman–Crippen MR) is 104 cm³/mol. The molecule has 3 atom stereocenters. The number of carbonyl (C=O) groups excluding carboxylic acids is 3. The van der Waals surface area contributed by atoms with Crippen LogP contribution in [0.25, 0.3) is 0 Å². The average molecular weight is 410 g/mol.